The van der Waals surface area contributed by atoms with Crippen molar-refractivity contribution in [1.82, 2.24) is 0 Å². The number of ether oxygens (including phenoxy) is 1. The van der Waals surface area contributed by atoms with Crippen molar-refractivity contribution in [3.8, 4) is 11.8 Å². The molecule has 0 aliphatic heterocycles. The Labute approximate surface area is 96.8 Å². The predicted molar refractivity (Wildman–Crippen MR) is 57.3 cm³/mol. The maximum absolute atomic E-state index is 10.9. The smallest absolute Gasteiger partial charge is 0.384 e. The zero-order chi connectivity index (χ0) is 12.1. The van der Waals surface area contributed by atoms with Gasteiger partial charge in [0.2, 0.25) is 0 Å². The fraction of sp³-hybridized carbons (Fsp3) is 0.0909. The number of carboxylic acids is 1. The van der Waals surface area contributed by atoms with E-state index < -0.39 is 11.9 Å². The normalized spacial score (nSPS) is 8.88. The van der Waals surface area contributed by atoms with Crippen LogP contribution in [0.4, 0.5) is 0 Å². The van der Waals surface area contributed by atoms with Crippen LogP contribution in [0.3, 0.4) is 0 Å². The molecule has 0 radical (unpaired) electrons. The topological polar surface area (TPSA) is 63.6 Å². The molecule has 0 fully saturated rings. The van der Waals surface area contributed by atoms with Crippen LogP contribution < -0.4 is 0 Å². The van der Waals surface area contributed by atoms with Crippen LogP contribution in [0.25, 0.3) is 0 Å². The molecule has 5 heteroatoms. The molecule has 0 atom stereocenters. The van der Waals surface area contributed by atoms with Gasteiger partial charge in [0.15, 0.2) is 0 Å². The molecule has 0 bridgehead atoms. The molecule has 0 saturated carbocycles. The Morgan fingerprint density at radius 2 is 2.12 bits per heavy atom. The molecule has 0 unspecified atom stereocenters. The van der Waals surface area contributed by atoms with Crippen LogP contribution in [0.1, 0.15) is 15.9 Å². The maximum Gasteiger partial charge on any atom is 0.384 e. The first-order valence-electron chi connectivity index (χ1n) is 4.18. The number of benzene rings is 1. The van der Waals surface area contributed by atoms with Gasteiger partial charge in [-0.05, 0) is 12.1 Å². The van der Waals surface area contributed by atoms with Crippen molar-refractivity contribution in [3.63, 3.8) is 0 Å². The van der Waals surface area contributed by atoms with Gasteiger partial charge in [0.1, 0.15) is 0 Å². The van der Waals surface area contributed by atoms with Gasteiger partial charge in [-0.1, -0.05) is 23.6 Å². The lowest BCUT2D eigenvalue weighted by Gasteiger charge is -2.00. The predicted octanol–water partition coefficient (Wildman–Crippen LogP) is 1.56. The van der Waals surface area contributed by atoms with Crippen LogP contribution in [0, 0.1) is 11.8 Å². The highest BCUT2D eigenvalue weighted by atomic mass is 35.5. The number of hydrogen-bond donors (Lipinski definition) is 1. The summed E-state index contributed by atoms with van der Waals surface area (Å²) in [6.07, 6.45) is 0. The van der Waals surface area contributed by atoms with Crippen molar-refractivity contribution in [1.29, 1.82) is 0 Å². The van der Waals surface area contributed by atoms with Crippen molar-refractivity contribution >= 4 is 23.5 Å². The molecule has 1 aromatic carbocycles. The van der Waals surface area contributed by atoms with Gasteiger partial charge >= 0.3 is 11.9 Å². The molecule has 0 aromatic heterocycles. The van der Waals surface area contributed by atoms with Crippen molar-refractivity contribution < 1.29 is 19.4 Å². The summed E-state index contributed by atoms with van der Waals surface area (Å²) < 4.78 is 4.31. The van der Waals surface area contributed by atoms with E-state index in [4.69, 9.17) is 16.7 Å². The van der Waals surface area contributed by atoms with Crippen LogP contribution in [0.5, 0.6) is 0 Å². The minimum Gasteiger partial charge on any atom is -0.478 e. The van der Waals surface area contributed by atoms with Crippen LogP contribution >= 0.6 is 11.6 Å². The fourth-order valence-corrected chi connectivity index (χ4v) is 1.27. The lowest BCUT2D eigenvalue weighted by atomic mass is 10.1. The van der Waals surface area contributed by atoms with Gasteiger partial charge in [0, 0.05) is 11.5 Å². The van der Waals surface area contributed by atoms with Crippen LogP contribution in [0.2, 0.25) is 5.02 Å². The van der Waals surface area contributed by atoms with E-state index in [0.717, 1.165) is 0 Å². The number of carbonyl (C=O) groups excluding carboxylic acids is 1. The maximum atomic E-state index is 10.9. The van der Waals surface area contributed by atoms with E-state index in [2.05, 4.69) is 16.6 Å². The average Bonchev–Trinajstić information content (AvgIpc) is 2.25. The summed E-state index contributed by atoms with van der Waals surface area (Å²) in [4.78, 5) is 21.7. The van der Waals surface area contributed by atoms with Crippen LogP contribution in [-0.4, -0.2) is 24.2 Å². The monoisotopic (exact) mass is 238 g/mol. The highest BCUT2D eigenvalue weighted by molar-refractivity contribution is 6.33. The van der Waals surface area contributed by atoms with Gasteiger partial charge in [0.25, 0.3) is 0 Å². The summed E-state index contributed by atoms with van der Waals surface area (Å²) in [5, 5.41) is 8.97. The summed E-state index contributed by atoms with van der Waals surface area (Å²) in [5.41, 5.74) is 0.0472. The second-order valence-corrected chi connectivity index (χ2v) is 3.12. The number of esters is 1. The minimum absolute atomic E-state index is 0.0733. The number of carbonyl (C=O) groups is 2. The fourth-order valence-electron chi connectivity index (χ4n) is 1.02. The number of carboxylic acid groups (broad SMARTS) is 1. The van der Waals surface area contributed by atoms with Gasteiger partial charge in [0.05, 0.1) is 17.7 Å². The Morgan fingerprint density at radius 1 is 1.44 bits per heavy atom. The highest BCUT2D eigenvalue weighted by Crippen LogP contribution is 2.19. The molecular weight excluding hydrogens is 232 g/mol. The Balaban J connectivity index is 3.22. The van der Waals surface area contributed by atoms with E-state index in [1.807, 2.05) is 0 Å². The molecular formula is C11H7ClO4. The first-order valence-corrected chi connectivity index (χ1v) is 4.56. The van der Waals surface area contributed by atoms with Gasteiger partial charge in [-0.2, -0.15) is 0 Å². The van der Waals surface area contributed by atoms with E-state index in [9.17, 15) is 9.59 Å². The molecule has 1 N–H and O–H groups in total. The lowest BCUT2D eigenvalue weighted by Crippen LogP contribution is -2.02. The van der Waals surface area contributed by atoms with E-state index in [1.54, 1.807) is 6.07 Å². The third-order valence-corrected chi connectivity index (χ3v) is 2.03. The molecule has 1 aromatic rings. The average molecular weight is 239 g/mol. The molecule has 0 aliphatic rings. The zero-order valence-electron chi connectivity index (χ0n) is 8.28. The molecule has 4 nitrogen and oxygen atoms in total. The Bertz CT molecular complexity index is 496. The third kappa shape index (κ3) is 2.75. The van der Waals surface area contributed by atoms with Crippen molar-refractivity contribution in [3.05, 3.63) is 34.3 Å². The van der Waals surface area contributed by atoms with E-state index >= 15 is 0 Å². The van der Waals surface area contributed by atoms with Crippen LogP contribution in [-0.2, 0) is 9.53 Å². The first-order chi connectivity index (χ1) is 7.56. The quantitative estimate of drug-likeness (QED) is 0.596. The number of halogens is 1. The molecule has 0 spiro atoms. The number of rotatable bonds is 1. The Morgan fingerprint density at radius 3 is 2.69 bits per heavy atom. The first kappa shape index (κ1) is 12.1. The highest BCUT2D eigenvalue weighted by Gasteiger charge is 2.12. The van der Waals surface area contributed by atoms with E-state index in [-0.39, 0.29) is 16.1 Å². The third-order valence-electron chi connectivity index (χ3n) is 1.71. The summed E-state index contributed by atoms with van der Waals surface area (Å²) in [5.74, 6) is 2.60. The Kier molecular flexibility index (Phi) is 3.92. The number of aromatic carboxylic acids is 1. The molecule has 0 amide bonds. The summed E-state index contributed by atoms with van der Waals surface area (Å²) in [6.45, 7) is 0. The summed E-state index contributed by atoms with van der Waals surface area (Å²) in [6, 6.07) is 4.45. The number of methoxy groups -OCH3 is 1. The minimum atomic E-state index is -1.19. The Hall–Kier alpha value is -1.99. The summed E-state index contributed by atoms with van der Waals surface area (Å²) >= 11 is 5.71. The molecule has 1 rings (SSSR count). The van der Waals surface area contributed by atoms with Gasteiger partial charge < -0.3 is 9.84 Å². The molecule has 16 heavy (non-hydrogen) atoms. The zero-order valence-corrected chi connectivity index (χ0v) is 9.04. The van der Waals surface area contributed by atoms with Gasteiger partial charge in [-0.25, -0.2) is 9.59 Å². The SMILES string of the molecule is COC(=O)C#Cc1cccc(Cl)c1C(=O)O. The summed E-state index contributed by atoms with van der Waals surface area (Å²) in [7, 11) is 1.19. The largest absolute Gasteiger partial charge is 0.478 e. The van der Waals surface area contributed by atoms with Crippen molar-refractivity contribution in [2.24, 2.45) is 0 Å². The lowest BCUT2D eigenvalue weighted by molar-refractivity contribution is -0.133. The molecule has 82 valence electrons. The standard InChI is InChI=1S/C11H7ClO4/c1-16-9(13)6-5-7-3-2-4-8(12)10(7)11(14)15/h2-4H,1H3,(H,14,15). The van der Waals surface area contributed by atoms with Gasteiger partial charge in [-0.15, -0.1) is 0 Å². The molecule has 0 heterocycles. The molecule has 0 aliphatic carbocycles. The van der Waals surface area contributed by atoms with Crippen molar-refractivity contribution in [2.45, 2.75) is 0 Å². The molecule has 0 saturated heterocycles. The second-order valence-electron chi connectivity index (χ2n) is 2.71. The van der Waals surface area contributed by atoms with E-state index in [1.165, 1.54) is 19.2 Å². The van der Waals surface area contributed by atoms with Crippen molar-refractivity contribution in [2.75, 3.05) is 7.11 Å². The van der Waals surface area contributed by atoms with Crippen LogP contribution in [0.15, 0.2) is 18.2 Å². The number of hydrogen-bond acceptors (Lipinski definition) is 3. The second kappa shape index (κ2) is 5.19. The van der Waals surface area contributed by atoms with Gasteiger partial charge in [-0.3, -0.25) is 0 Å². The van der Waals surface area contributed by atoms with E-state index in [0.29, 0.717) is 0 Å².